The molecule has 0 N–H and O–H groups in total. The first kappa shape index (κ1) is 11.9. The highest BCUT2D eigenvalue weighted by Gasteiger charge is 2.25. The maximum Gasteiger partial charge on any atom is 0.223 e. The van der Waals surface area contributed by atoms with E-state index >= 15 is 0 Å². The Bertz CT molecular complexity index is 622. The van der Waals surface area contributed by atoms with E-state index in [0.717, 1.165) is 29.9 Å². The third-order valence-electron chi connectivity index (χ3n) is 3.44. The van der Waals surface area contributed by atoms with E-state index in [2.05, 4.69) is 20.0 Å². The highest BCUT2D eigenvalue weighted by Crippen LogP contribution is 2.24. The Morgan fingerprint density at radius 2 is 2.21 bits per heavy atom. The highest BCUT2D eigenvalue weighted by molar-refractivity contribution is 5.87. The lowest BCUT2D eigenvalue weighted by molar-refractivity contribution is -0.129. The summed E-state index contributed by atoms with van der Waals surface area (Å²) in [7, 11) is 1.86. The second-order valence-corrected chi connectivity index (χ2v) is 4.62. The van der Waals surface area contributed by atoms with E-state index in [4.69, 9.17) is 0 Å². The van der Waals surface area contributed by atoms with Gasteiger partial charge in [0.25, 0.3) is 0 Å². The first-order valence-corrected chi connectivity index (χ1v) is 6.36. The molecule has 0 saturated carbocycles. The fourth-order valence-electron chi connectivity index (χ4n) is 2.39. The molecule has 0 aromatic carbocycles. The minimum atomic E-state index is 0.180. The molecule has 0 atom stereocenters. The summed E-state index contributed by atoms with van der Waals surface area (Å²) in [5, 5.41) is 5.13. The summed E-state index contributed by atoms with van der Waals surface area (Å²) in [5.41, 5.74) is 0.810. The molecule has 19 heavy (non-hydrogen) atoms. The summed E-state index contributed by atoms with van der Waals surface area (Å²) in [6, 6.07) is 0. The van der Waals surface area contributed by atoms with E-state index in [9.17, 15) is 4.79 Å². The first-order chi connectivity index (χ1) is 9.20. The SMILES string of the molecule is CCC(=O)N1CCN(c2ncnc3c2cnn3C)C1. The Hall–Kier alpha value is -2.18. The van der Waals surface area contributed by atoms with E-state index in [1.165, 1.54) is 0 Å². The molecule has 100 valence electrons. The van der Waals surface area contributed by atoms with Crippen molar-refractivity contribution in [2.75, 3.05) is 24.7 Å². The summed E-state index contributed by atoms with van der Waals surface area (Å²) in [6.45, 7) is 4.02. The average Bonchev–Trinajstić information content (AvgIpc) is 3.05. The van der Waals surface area contributed by atoms with Gasteiger partial charge in [-0.25, -0.2) is 9.97 Å². The predicted octanol–water partition coefficient (Wildman–Crippen LogP) is 0.379. The number of carbonyl (C=O) groups excluding carboxylic acids is 1. The van der Waals surface area contributed by atoms with Crippen LogP contribution in [0.15, 0.2) is 12.5 Å². The maximum absolute atomic E-state index is 11.7. The lowest BCUT2D eigenvalue weighted by atomic mass is 10.3. The molecule has 0 aliphatic carbocycles. The molecule has 0 bridgehead atoms. The maximum atomic E-state index is 11.7. The molecule has 1 fully saturated rings. The molecule has 2 aromatic heterocycles. The Kier molecular flexibility index (Phi) is 2.81. The van der Waals surface area contributed by atoms with Crippen molar-refractivity contribution >= 4 is 22.8 Å². The van der Waals surface area contributed by atoms with Crippen molar-refractivity contribution in [3.8, 4) is 0 Å². The summed E-state index contributed by atoms with van der Waals surface area (Å²) in [6.07, 6.45) is 3.86. The molecule has 0 unspecified atom stereocenters. The van der Waals surface area contributed by atoms with Crippen LogP contribution in [0.3, 0.4) is 0 Å². The van der Waals surface area contributed by atoms with Crippen LogP contribution in [0.1, 0.15) is 13.3 Å². The van der Waals surface area contributed by atoms with E-state index in [-0.39, 0.29) is 5.91 Å². The summed E-state index contributed by atoms with van der Waals surface area (Å²) in [5.74, 6) is 1.03. The molecule has 1 saturated heterocycles. The van der Waals surface area contributed by atoms with Crippen LogP contribution in [-0.2, 0) is 11.8 Å². The van der Waals surface area contributed by atoms with Crippen molar-refractivity contribution in [1.29, 1.82) is 0 Å². The smallest absolute Gasteiger partial charge is 0.223 e. The second kappa shape index (κ2) is 4.49. The lowest BCUT2D eigenvalue weighted by Crippen LogP contribution is -2.30. The summed E-state index contributed by atoms with van der Waals surface area (Å²) < 4.78 is 1.73. The number of hydrogen-bond acceptors (Lipinski definition) is 5. The molecule has 3 heterocycles. The van der Waals surface area contributed by atoms with Gasteiger partial charge in [-0.3, -0.25) is 9.48 Å². The van der Waals surface area contributed by atoms with Gasteiger partial charge in [0.2, 0.25) is 5.91 Å². The van der Waals surface area contributed by atoms with E-state index < -0.39 is 0 Å². The fourth-order valence-corrected chi connectivity index (χ4v) is 2.39. The van der Waals surface area contributed by atoms with Crippen molar-refractivity contribution in [3.63, 3.8) is 0 Å². The van der Waals surface area contributed by atoms with Gasteiger partial charge < -0.3 is 9.80 Å². The minimum absolute atomic E-state index is 0.180. The summed E-state index contributed by atoms with van der Waals surface area (Å²) >= 11 is 0. The molecule has 1 aliphatic heterocycles. The van der Waals surface area contributed by atoms with Crippen molar-refractivity contribution in [2.45, 2.75) is 13.3 Å². The number of carbonyl (C=O) groups is 1. The van der Waals surface area contributed by atoms with Gasteiger partial charge in [-0.05, 0) is 0 Å². The molecule has 1 amide bonds. The van der Waals surface area contributed by atoms with Crippen LogP contribution < -0.4 is 4.90 Å². The van der Waals surface area contributed by atoms with Gasteiger partial charge in [0, 0.05) is 26.6 Å². The molecular formula is C12H16N6O. The zero-order valence-electron chi connectivity index (χ0n) is 11.1. The minimum Gasteiger partial charge on any atom is -0.336 e. The number of amides is 1. The molecule has 3 rings (SSSR count). The molecule has 7 heteroatoms. The fraction of sp³-hybridized carbons (Fsp3) is 0.500. The zero-order valence-corrected chi connectivity index (χ0v) is 11.1. The molecular weight excluding hydrogens is 244 g/mol. The van der Waals surface area contributed by atoms with E-state index in [1.54, 1.807) is 17.2 Å². The van der Waals surface area contributed by atoms with E-state index in [1.807, 2.05) is 18.9 Å². The van der Waals surface area contributed by atoms with Crippen LogP contribution in [0.4, 0.5) is 5.82 Å². The second-order valence-electron chi connectivity index (χ2n) is 4.62. The quantitative estimate of drug-likeness (QED) is 0.781. The Balaban J connectivity index is 1.92. The van der Waals surface area contributed by atoms with Crippen molar-refractivity contribution < 1.29 is 4.79 Å². The van der Waals surface area contributed by atoms with Crippen LogP contribution in [-0.4, -0.2) is 50.3 Å². The third-order valence-corrected chi connectivity index (χ3v) is 3.44. The van der Waals surface area contributed by atoms with Crippen LogP contribution in [0.5, 0.6) is 0 Å². The van der Waals surface area contributed by atoms with Crippen molar-refractivity contribution in [2.24, 2.45) is 7.05 Å². The van der Waals surface area contributed by atoms with Gasteiger partial charge in [-0.2, -0.15) is 5.10 Å². The topological polar surface area (TPSA) is 67.2 Å². The van der Waals surface area contributed by atoms with Crippen LogP contribution >= 0.6 is 0 Å². The Morgan fingerprint density at radius 3 is 3.00 bits per heavy atom. The largest absolute Gasteiger partial charge is 0.336 e. The van der Waals surface area contributed by atoms with Crippen LogP contribution in [0.25, 0.3) is 11.0 Å². The number of hydrogen-bond donors (Lipinski definition) is 0. The third kappa shape index (κ3) is 1.91. The van der Waals surface area contributed by atoms with Crippen LogP contribution in [0, 0.1) is 0 Å². The number of rotatable bonds is 2. The van der Waals surface area contributed by atoms with Gasteiger partial charge in [-0.15, -0.1) is 0 Å². The van der Waals surface area contributed by atoms with Crippen molar-refractivity contribution in [1.82, 2.24) is 24.6 Å². The molecule has 0 radical (unpaired) electrons. The zero-order chi connectivity index (χ0) is 13.4. The number of anilines is 1. The molecule has 2 aromatic rings. The Labute approximate surface area is 110 Å². The number of fused-ring (bicyclic) bond motifs is 1. The van der Waals surface area contributed by atoms with Gasteiger partial charge in [0.1, 0.15) is 12.1 Å². The van der Waals surface area contributed by atoms with Gasteiger partial charge in [0.15, 0.2) is 5.65 Å². The van der Waals surface area contributed by atoms with Crippen LogP contribution in [0.2, 0.25) is 0 Å². The van der Waals surface area contributed by atoms with Gasteiger partial charge in [-0.1, -0.05) is 6.92 Å². The average molecular weight is 260 g/mol. The normalized spacial score (nSPS) is 15.5. The first-order valence-electron chi connectivity index (χ1n) is 6.36. The lowest BCUT2D eigenvalue weighted by Gasteiger charge is -2.18. The summed E-state index contributed by atoms with van der Waals surface area (Å²) in [4.78, 5) is 24.2. The van der Waals surface area contributed by atoms with Gasteiger partial charge in [0.05, 0.1) is 18.3 Å². The monoisotopic (exact) mass is 260 g/mol. The standard InChI is InChI=1S/C12H16N6O/c1-3-10(19)17-4-5-18(8-17)12-9-6-15-16(2)11(9)13-7-14-12/h6-7H,3-5,8H2,1-2H3. The van der Waals surface area contributed by atoms with E-state index in [0.29, 0.717) is 13.1 Å². The Morgan fingerprint density at radius 1 is 1.37 bits per heavy atom. The highest BCUT2D eigenvalue weighted by atomic mass is 16.2. The van der Waals surface area contributed by atoms with Crippen molar-refractivity contribution in [3.05, 3.63) is 12.5 Å². The predicted molar refractivity (Wildman–Crippen MR) is 70.5 cm³/mol. The molecule has 7 nitrogen and oxygen atoms in total. The molecule has 0 spiro atoms. The van der Waals surface area contributed by atoms with Gasteiger partial charge >= 0.3 is 0 Å². The molecule has 1 aliphatic rings. The number of aryl methyl sites for hydroxylation is 1. The number of aromatic nitrogens is 4. The number of nitrogens with zero attached hydrogens (tertiary/aromatic N) is 6.